The summed E-state index contributed by atoms with van der Waals surface area (Å²) in [5.74, 6) is 1.85. The molecule has 0 aliphatic heterocycles. The minimum absolute atomic E-state index is 0.419. The average molecular weight is 255 g/mol. The summed E-state index contributed by atoms with van der Waals surface area (Å²) in [5.41, 5.74) is -0.440. The first kappa shape index (κ1) is 14.9. The number of hydrogen-bond acceptors (Lipinski definition) is 3. The van der Waals surface area contributed by atoms with E-state index >= 15 is 0 Å². The van der Waals surface area contributed by atoms with Crippen LogP contribution in [-0.2, 0) is 0 Å². The average Bonchev–Trinajstić information content (AvgIpc) is 2.39. The van der Waals surface area contributed by atoms with Crippen LogP contribution >= 0.6 is 11.8 Å². The first-order chi connectivity index (χ1) is 8.18. The summed E-state index contributed by atoms with van der Waals surface area (Å²) in [6.07, 6.45) is 8.69. The smallest absolute Gasteiger partial charge is 0.0832 e. The molecular weight excluding hydrogens is 230 g/mol. The zero-order chi connectivity index (χ0) is 12.7. The highest BCUT2D eigenvalue weighted by atomic mass is 32.2. The van der Waals surface area contributed by atoms with Crippen LogP contribution in [0.1, 0.15) is 51.9 Å². The lowest BCUT2D eigenvalue weighted by molar-refractivity contribution is 0.0197. The quantitative estimate of drug-likeness (QED) is 0.737. The summed E-state index contributed by atoms with van der Waals surface area (Å²) in [6, 6.07) is 2.43. The Morgan fingerprint density at radius 3 is 2.59 bits per heavy atom. The maximum Gasteiger partial charge on any atom is 0.0832 e. The Morgan fingerprint density at radius 2 is 2.12 bits per heavy atom. The van der Waals surface area contributed by atoms with Crippen LogP contribution in [0.4, 0.5) is 0 Å². The lowest BCUT2D eigenvalue weighted by Crippen LogP contribution is -2.37. The molecule has 0 aromatic heterocycles. The molecule has 0 amide bonds. The SMILES string of the molecule is CCC1CCC(C#N)(C(O)CCCSC)CC1. The first-order valence-corrected chi connectivity index (χ1v) is 8.16. The van der Waals surface area contributed by atoms with Gasteiger partial charge in [-0.2, -0.15) is 17.0 Å². The molecule has 1 N–H and O–H groups in total. The van der Waals surface area contributed by atoms with E-state index in [9.17, 15) is 10.4 Å². The molecule has 0 heterocycles. The second kappa shape index (κ2) is 7.28. The third-order valence-corrected chi connectivity index (χ3v) is 4.96. The van der Waals surface area contributed by atoms with Crippen LogP contribution < -0.4 is 0 Å². The molecule has 3 heteroatoms. The summed E-state index contributed by atoms with van der Waals surface area (Å²) in [5, 5.41) is 19.7. The fourth-order valence-electron chi connectivity index (χ4n) is 2.82. The Labute approximate surface area is 110 Å². The second-order valence-electron chi connectivity index (χ2n) is 5.27. The number of hydrogen-bond donors (Lipinski definition) is 1. The summed E-state index contributed by atoms with van der Waals surface area (Å²) in [4.78, 5) is 0. The van der Waals surface area contributed by atoms with Gasteiger partial charge in [0.2, 0.25) is 0 Å². The van der Waals surface area contributed by atoms with E-state index in [1.54, 1.807) is 11.8 Å². The maximum absolute atomic E-state index is 10.3. The number of rotatable bonds is 6. The molecule has 0 saturated heterocycles. The highest BCUT2D eigenvalue weighted by Crippen LogP contribution is 2.43. The van der Waals surface area contributed by atoms with Crippen molar-refractivity contribution < 1.29 is 5.11 Å². The van der Waals surface area contributed by atoms with Crippen LogP contribution in [0.15, 0.2) is 0 Å². The molecule has 1 aliphatic rings. The van der Waals surface area contributed by atoms with Crippen molar-refractivity contribution in [2.24, 2.45) is 11.3 Å². The molecule has 0 spiro atoms. The van der Waals surface area contributed by atoms with Crippen LogP contribution in [0.2, 0.25) is 0 Å². The largest absolute Gasteiger partial charge is 0.391 e. The summed E-state index contributed by atoms with van der Waals surface area (Å²) < 4.78 is 0. The molecular formula is C14H25NOS. The Hall–Kier alpha value is -0.200. The van der Waals surface area contributed by atoms with Gasteiger partial charge in [-0.25, -0.2) is 0 Å². The number of aliphatic hydroxyl groups excluding tert-OH is 1. The number of aliphatic hydroxyl groups is 1. The molecule has 1 atom stereocenters. The highest BCUT2D eigenvalue weighted by Gasteiger charge is 2.40. The Morgan fingerprint density at radius 1 is 1.47 bits per heavy atom. The minimum Gasteiger partial charge on any atom is -0.391 e. The van der Waals surface area contributed by atoms with Crippen molar-refractivity contribution in [3.63, 3.8) is 0 Å². The molecule has 17 heavy (non-hydrogen) atoms. The van der Waals surface area contributed by atoms with E-state index in [1.807, 2.05) is 0 Å². The predicted molar refractivity (Wildman–Crippen MR) is 73.9 cm³/mol. The van der Waals surface area contributed by atoms with Gasteiger partial charge in [0.05, 0.1) is 17.6 Å². The van der Waals surface area contributed by atoms with Gasteiger partial charge < -0.3 is 5.11 Å². The summed E-state index contributed by atoms with van der Waals surface area (Å²) >= 11 is 1.81. The molecule has 0 aromatic carbocycles. The molecule has 1 fully saturated rings. The Bertz CT molecular complexity index is 253. The molecule has 1 rings (SSSR count). The fourth-order valence-corrected chi connectivity index (χ4v) is 3.27. The van der Waals surface area contributed by atoms with Gasteiger partial charge in [0.15, 0.2) is 0 Å². The molecule has 0 bridgehead atoms. The number of nitriles is 1. The van der Waals surface area contributed by atoms with Crippen LogP contribution in [0.3, 0.4) is 0 Å². The minimum atomic E-state index is -0.440. The molecule has 0 radical (unpaired) electrons. The van der Waals surface area contributed by atoms with Gasteiger partial charge >= 0.3 is 0 Å². The van der Waals surface area contributed by atoms with Crippen molar-refractivity contribution >= 4 is 11.8 Å². The summed E-state index contributed by atoms with van der Waals surface area (Å²) in [7, 11) is 0. The lowest BCUT2D eigenvalue weighted by Gasteiger charge is -2.38. The van der Waals surface area contributed by atoms with Crippen molar-refractivity contribution in [1.82, 2.24) is 0 Å². The van der Waals surface area contributed by atoms with Crippen LogP contribution in [-0.4, -0.2) is 23.2 Å². The number of thioether (sulfide) groups is 1. The van der Waals surface area contributed by atoms with Crippen molar-refractivity contribution in [2.75, 3.05) is 12.0 Å². The maximum atomic E-state index is 10.3. The van der Waals surface area contributed by atoms with Gasteiger partial charge in [0.25, 0.3) is 0 Å². The van der Waals surface area contributed by atoms with Gasteiger partial charge in [0.1, 0.15) is 0 Å². The lowest BCUT2D eigenvalue weighted by atomic mass is 9.67. The van der Waals surface area contributed by atoms with E-state index in [2.05, 4.69) is 19.2 Å². The van der Waals surface area contributed by atoms with E-state index in [1.165, 1.54) is 6.42 Å². The fraction of sp³-hybridized carbons (Fsp3) is 0.929. The van der Waals surface area contributed by atoms with E-state index < -0.39 is 11.5 Å². The molecule has 1 unspecified atom stereocenters. The third kappa shape index (κ3) is 3.89. The molecule has 1 saturated carbocycles. The molecule has 0 aromatic rings. The molecule has 98 valence electrons. The molecule has 1 aliphatic carbocycles. The Balaban J connectivity index is 2.49. The summed E-state index contributed by atoms with van der Waals surface area (Å²) in [6.45, 7) is 2.22. The van der Waals surface area contributed by atoms with Gasteiger partial charge in [-0.1, -0.05) is 13.3 Å². The normalized spacial score (nSPS) is 30.8. The van der Waals surface area contributed by atoms with Gasteiger partial charge in [-0.05, 0) is 56.5 Å². The van der Waals surface area contributed by atoms with Crippen molar-refractivity contribution in [3.8, 4) is 6.07 Å². The van der Waals surface area contributed by atoms with E-state index in [4.69, 9.17) is 0 Å². The molecule has 2 nitrogen and oxygen atoms in total. The van der Waals surface area contributed by atoms with E-state index in [-0.39, 0.29) is 0 Å². The van der Waals surface area contributed by atoms with Gasteiger partial charge in [-0.3, -0.25) is 0 Å². The van der Waals surface area contributed by atoms with Crippen molar-refractivity contribution in [1.29, 1.82) is 5.26 Å². The van der Waals surface area contributed by atoms with E-state index in [0.29, 0.717) is 0 Å². The van der Waals surface area contributed by atoms with Crippen molar-refractivity contribution in [2.45, 2.75) is 58.0 Å². The predicted octanol–water partition coefficient (Wildman–Crippen LogP) is 3.60. The third-order valence-electron chi connectivity index (χ3n) is 4.26. The first-order valence-electron chi connectivity index (χ1n) is 6.76. The van der Waals surface area contributed by atoms with Crippen LogP contribution in [0.25, 0.3) is 0 Å². The zero-order valence-corrected chi connectivity index (χ0v) is 11.9. The van der Waals surface area contributed by atoms with Crippen LogP contribution in [0.5, 0.6) is 0 Å². The second-order valence-corrected chi connectivity index (χ2v) is 6.26. The van der Waals surface area contributed by atoms with Gasteiger partial charge in [-0.15, -0.1) is 0 Å². The Kier molecular flexibility index (Phi) is 6.37. The van der Waals surface area contributed by atoms with Crippen molar-refractivity contribution in [3.05, 3.63) is 0 Å². The van der Waals surface area contributed by atoms with E-state index in [0.717, 1.165) is 50.2 Å². The van der Waals surface area contributed by atoms with Crippen LogP contribution in [0, 0.1) is 22.7 Å². The van der Waals surface area contributed by atoms with Gasteiger partial charge in [0, 0.05) is 0 Å². The monoisotopic (exact) mass is 255 g/mol. The topological polar surface area (TPSA) is 44.0 Å². The standard InChI is InChI=1S/C14H25NOS/c1-3-12-6-8-14(11-15,9-7-12)13(16)5-4-10-17-2/h12-13,16H,3-10H2,1-2H3. The number of nitrogens with zero attached hydrogens (tertiary/aromatic N) is 1. The zero-order valence-electron chi connectivity index (χ0n) is 11.1. The highest BCUT2D eigenvalue weighted by molar-refractivity contribution is 7.98.